The number of benzene rings is 2. The Balaban J connectivity index is 1.84. The van der Waals surface area contributed by atoms with Gasteiger partial charge in [0.2, 0.25) is 0 Å². The van der Waals surface area contributed by atoms with Crippen LogP contribution in [-0.4, -0.2) is 12.1 Å². The molecule has 0 heterocycles. The highest BCUT2D eigenvalue weighted by Crippen LogP contribution is 2.11. The van der Waals surface area contributed by atoms with E-state index in [1.54, 1.807) is 54.6 Å². The number of halogens is 1. The molecule has 0 aromatic heterocycles. The topological polar surface area (TPSA) is 64.6 Å². The Morgan fingerprint density at radius 2 is 1.60 bits per heavy atom. The SMILES string of the molecule is O=C(ONC(=O)c1ccc(Br)cc1)Oc1ccccc1. The van der Waals surface area contributed by atoms with Gasteiger partial charge < -0.3 is 9.57 Å². The third-order valence-corrected chi connectivity index (χ3v) is 2.81. The van der Waals surface area contributed by atoms with Crippen LogP contribution in [0.15, 0.2) is 59.1 Å². The Morgan fingerprint density at radius 1 is 0.950 bits per heavy atom. The van der Waals surface area contributed by atoms with Crippen molar-refractivity contribution in [3.63, 3.8) is 0 Å². The molecule has 20 heavy (non-hydrogen) atoms. The molecule has 0 aliphatic carbocycles. The summed E-state index contributed by atoms with van der Waals surface area (Å²) in [6.45, 7) is 0. The normalized spacial score (nSPS) is 9.65. The summed E-state index contributed by atoms with van der Waals surface area (Å²) in [5.74, 6) is -0.210. The fraction of sp³-hybridized carbons (Fsp3) is 0. The predicted molar refractivity (Wildman–Crippen MR) is 75.2 cm³/mol. The number of nitrogens with one attached hydrogen (secondary N) is 1. The van der Waals surface area contributed by atoms with Crippen molar-refractivity contribution in [2.45, 2.75) is 0 Å². The minimum atomic E-state index is -1.01. The van der Waals surface area contributed by atoms with E-state index in [9.17, 15) is 9.59 Å². The molecule has 1 N–H and O–H groups in total. The van der Waals surface area contributed by atoms with Gasteiger partial charge in [-0.25, -0.2) is 4.79 Å². The summed E-state index contributed by atoms with van der Waals surface area (Å²) in [6, 6.07) is 15.0. The fourth-order valence-electron chi connectivity index (χ4n) is 1.35. The van der Waals surface area contributed by atoms with Crippen LogP contribution in [0.25, 0.3) is 0 Å². The van der Waals surface area contributed by atoms with Crippen LogP contribution in [0.2, 0.25) is 0 Å². The van der Waals surface area contributed by atoms with Crippen molar-refractivity contribution in [2.24, 2.45) is 0 Å². The lowest BCUT2D eigenvalue weighted by Gasteiger charge is -2.06. The molecule has 2 rings (SSSR count). The Bertz CT molecular complexity index is 598. The van der Waals surface area contributed by atoms with Crippen LogP contribution in [0, 0.1) is 0 Å². The number of amides is 1. The Morgan fingerprint density at radius 3 is 2.25 bits per heavy atom. The van der Waals surface area contributed by atoms with Crippen molar-refractivity contribution >= 4 is 28.0 Å². The molecular formula is C14H10BrNO4. The zero-order valence-corrected chi connectivity index (χ0v) is 11.8. The zero-order valence-electron chi connectivity index (χ0n) is 10.2. The smallest absolute Gasteiger partial charge is 0.393 e. The lowest BCUT2D eigenvalue weighted by atomic mass is 10.2. The second-order valence-corrected chi connectivity index (χ2v) is 4.62. The van der Waals surface area contributed by atoms with Gasteiger partial charge in [0.05, 0.1) is 0 Å². The van der Waals surface area contributed by atoms with Crippen LogP contribution in [0.1, 0.15) is 10.4 Å². The maximum atomic E-state index is 11.7. The second-order valence-electron chi connectivity index (χ2n) is 3.71. The largest absolute Gasteiger partial charge is 0.538 e. The quantitative estimate of drug-likeness (QED) is 0.519. The highest BCUT2D eigenvalue weighted by Gasteiger charge is 2.10. The lowest BCUT2D eigenvalue weighted by molar-refractivity contribution is 0.0391. The van der Waals surface area contributed by atoms with E-state index in [4.69, 9.17) is 4.74 Å². The summed E-state index contributed by atoms with van der Waals surface area (Å²) in [6.07, 6.45) is -1.01. The van der Waals surface area contributed by atoms with E-state index < -0.39 is 12.1 Å². The first kappa shape index (κ1) is 14.1. The first-order chi connectivity index (χ1) is 9.65. The lowest BCUT2D eigenvalue weighted by Crippen LogP contribution is -2.28. The number of hydrogen-bond donors (Lipinski definition) is 1. The second kappa shape index (κ2) is 6.72. The summed E-state index contributed by atoms with van der Waals surface area (Å²) in [4.78, 5) is 27.5. The van der Waals surface area contributed by atoms with Gasteiger partial charge in [-0.05, 0) is 36.4 Å². The Hall–Kier alpha value is -2.34. The van der Waals surface area contributed by atoms with Crippen LogP contribution in [-0.2, 0) is 4.84 Å². The molecule has 0 unspecified atom stereocenters. The summed E-state index contributed by atoms with van der Waals surface area (Å²) in [7, 11) is 0. The standard InChI is InChI=1S/C14H10BrNO4/c15-11-8-6-10(7-9-11)13(17)16-20-14(18)19-12-4-2-1-3-5-12/h1-9H,(H,16,17). The third kappa shape index (κ3) is 4.10. The highest BCUT2D eigenvalue weighted by molar-refractivity contribution is 9.10. The molecule has 5 nitrogen and oxygen atoms in total. The molecule has 0 spiro atoms. The van der Waals surface area contributed by atoms with Crippen molar-refractivity contribution in [3.8, 4) is 5.75 Å². The first-order valence-corrected chi connectivity index (χ1v) is 6.44. The maximum Gasteiger partial charge on any atom is 0.538 e. The van der Waals surface area contributed by atoms with E-state index in [2.05, 4.69) is 20.8 Å². The van der Waals surface area contributed by atoms with Crippen molar-refractivity contribution < 1.29 is 19.2 Å². The van der Waals surface area contributed by atoms with E-state index >= 15 is 0 Å². The monoisotopic (exact) mass is 335 g/mol. The molecule has 2 aromatic rings. The van der Waals surface area contributed by atoms with E-state index in [0.717, 1.165) is 4.47 Å². The van der Waals surface area contributed by atoms with Gasteiger partial charge in [-0.1, -0.05) is 34.1 Å². The summed E-state index contributed by atoms with van der Waals surface area (Å²) in [5, 5.41) is 0. The molecule has 1 amide bonds. The summed E-state index contributed by atoms with van der Waals surface area (Å²) in [5.41, 5.74) is 2.37. The highest BCUT2D eigenvalue weighted by atomic mass is 79.9. The van der Waals surface area contributed by atoms with Gasteiger partial charge in [0.25, 0.3) is 5.91 Å². The molecule has 0 saturated carbocycles. The van der Waals surface area contributed by atoms with E-state index in [1.165, 1.54) is 0 Å². The van der Waals surface area contributed by atoms with Gasteiger partial charge >= 0.3 is 6.16 Å². The molecular weight excluding hydrogens is 326 g/mol. The Kier molecular flexibility index (Phi) is 4.73. The van der Waals surface area contributed by atoms with Crippen molar-refractivity contribution in [3.05, 3.63) is 64.6 Å². The van der Waals surface area contributed by atoms with Gasteiger partial charge in [0.15, 0.2) is 0 Å². The average Bonchev–Trinajstić information content (AvgIpc) is 2.46. The van der Waals surface area contributed by atoms with Gasteiger partial charge in [-0.3, -0.25) is 4.79 Å². The molecule has 0 aliphatic heterocycles. The molecule has 6 heteroatoms. The van der Waals surface area contributed by atoms with Crippen LogP contribution < -0.4 is 10.2 Å². The van der Waals surface area contributed by atoms with Crippen molar-refractivity contribution in [1.82, 2.24) is 5.48 Å². The van der Waals surface area contributed by atoms with Gasteiger partial charge in [-0.15, -0.1) is 0 Å². The molecule has 0 radical (unpaired) electrons. The van der Waals surface area contributed by atoms with Crippen LogP contribution in [0.3, 0.4) is 0 Å². The van der Waals surface area contributed by atoms with E-state index in [0.29, 0.717) is 11.3 Å². The van der Waals surface area contributed by atoms with Crippen molar-refractivity contribution in [1.29, 1.82) is 0 Å². The van der Waals surface area contributed by atoms with Crippen LogP contribution in [0.5, 0.6) is 5.75 Å². The number of hydroxylamine groups is 1. The van der Waals surface area contributed by atoms with Gasteiger partial charge in [0.1, 0.15) is 5.75 Å². The number of carbonyl (C=O) groups is 2. The number of rotatable bonds is 2. The minimum Gasteiger partial charge on any atom is -0.393 e. The summed E-state index contributed by atoms with van der Waals surface area (Å²) >= 11 is 3.26. The average molecular weight is 336 g/mol. The van der Waals surface area contributed by atoms with Gasteiger partial charge in [0, 0.05) is 10.0 Å². The molecule has 102 valence electrons. The molecule has 2 aromatic carbocycles. The number of para-hydroxylation sites is 1. The molecule has 0 fully saturated rings. The van der Waals surface area contributed by atoms with Crippen LogP contribution in [0.4, 0.5) is 4.79 Å². The third-order valence-electron chi connectivity index (χ3n) is 2.28. The van der Waals surface area contributed by atoms with Gasteiger partial charge in [-0.2, -0.15) is 5.48 Å². The summed E-state index contributed by atoms with van der Waals surface area (Å²) < 4.78 is 5.68. The van der Waals surface area contributed by atoms with E-state index in [-0.39, 0.29) is 0 Å². The maximum absolute atomic E-state index is 11.7. The zero-order chi connectivity index (χ0) is 14.4. The molecule has 0 atom stereocenters. The fourth-order valence-corrected chi connectivity index (χ4v) is 1.62. The number of hydrogen-bond acceptors (Lipinski definition) is 4. The molecule has 0 bridgehead atoms. The Labute approximate surface area is 123 Å². The predicted octanol–water partition coefficient (Wildman–Crippen LogP) is 3.31. The van der Waals surface area contributed by atoms with E-state index in [1.807, 2.05) is 5.48 Å². The van der Waals surface area contributed by atoms with Crippen molar-refractivity contribution in [2.75, 3.05) is 0 Å². The molecule has 0 saturated heterocycles. The first-order valence-electron chi connectivity index (χ1n) is 5.65. The number of ether oxygens (including phenoxy) is 1. The number of carbonyl (C=O) groups excluding carboxylic acids is 2. The molecule has 0 aliphatic rings. The van der Waals surface area contributed by atoms with Crippen LogP contribution >= 0.6 is 15.9 Å². The minimum absolute atomic E-state index is 0.329.